The molecular formula is C23H19FN2O3S. The van der Waals surface area contributed by atoms with Crippen LogP contribution in [-0.4, -0.2) is 21.8 Å². The highest BCUT2D eigenvalue weighted by atomic mass is 32.1. The zero-order chi connectivity index (χ0) is 21.6. The molecule has 1 N–H and O–H groups in total. The second-order valence-electron chi connectivity index (χ2n) is 7.22. The summed E-state index contributed by atoms with van der Waals surface area (Å²) in [6.07, 6.45) is 0. The van der Waals surface area contributed by atoms with Crippen LogP contribution in [0.25, 0.3) is 5.76 Å². The summed E-state index contributed by atoms with van der Waals surface area (Å²) in [5.74, 6) is -2.27. The minimum absolute atomic E-state index is 0.0408. The number of rotatable bonds is 3. The summed E-state index contributed by atoms with van der Waals surface area (Å²) in [6.45, 7) is 5.62. The van der Waals surface area contributed by atoms with Gasteiger partial charge in [0.2, 0.25) is 0 Å². The van der Waals surface area contributed by atoms with Crippen molar-refractivity contribution in [1.29, 1.82) is 0 Å². The van der Waals surface area contributed by atoms with Crippen molar-refractivity contribution in [3.63, 3.8) is 0 Å². The number of aliphatic hydroxyl groups excluding tert-OH is 1. The van der Waals surface area contributed by atoms with Crippen molar-refractivity contribution >= 4 is 33.9 Å². The van der Waals surface area contributed by atoms with Gasteiger partial charge in [-0.3, -0.25) is 14.5 Å². The van der Waals surface area contributed by atoms with Crippen LogP contribution in [0.2, 0.25) is 0 Å². The predicted octanol–water partition coefficient (Wildman–Crippen LogP) is 4.83. The van der Waals surface area contributed by atoms with E-state index in [2.05, 4.69) is 4.98 Å². The fourth-order valence-corrected chi connectivity index (χ4v) is 4.35. The number of anilines is 1. The molecule has 1 atom stereocenters. The van der Waals surface area contributed by atoms with Gasteiger partial charge in [0.15, 0.2) is 5.13 Å². The van der Waals surface area contributed by atoms with E-state index in [1.807, 2.05) is 32.9 Å². The Morgan fingerprint density at radius 2 is 1.67 bits per heavy atom. The number of nitrogens with zero attached hydrogens (tertiary/aromatic N) is 2. The van der Waals surface area contributed by atoms with E-state index in [1.165, 1.54) is 40.5 Å². The van der Waals surface area contributed by atoms with Gasteiger partial charge < -0.3 is 5.11 Å². The number of amides is 1. The first-order chi connectivity index (χ1) is 14.3. The first-order valence-electron chi connectivity index (χ1n) is 9.35. The molecule has 4 rings (SSSR count). The maximum atomic E-state index is 13.5. The Hall–Kier alpha value is -3.32. The van der Waals surface area contributed by atoms with Crippen molar-refractivity contribution in [3.05, 3.63) is 87.2 Å². The number of thiazole rings is 1. The van der Waals surface area contributed by atoms with E-state index >= 15 is 0 Å². The van der Waals surface area contributed by atoms with Gasteiger partial charge in [-0.1, -0.05) is 42.0 Å². The highest BCUT2D eigenvalue weighted by Crippen LogP contribution is 2.43. The van der Waals surface area contributed by atoms with Gasteiger partial charge in [-0.15, -0.1) is 11.3 Å². The summed E-state index contributed by atoms with van der Waals surface area (Å²) in [4.78, 5) is 32.7. The summed E-state index contributed by atoms with van der Waals surface area (Å²) in [5.41, 5.74) is 2.65. The third-order valence-electron chi connectivity index (χ3n) is 5.18. The highest BCUT2D eigenvalue weighted by molar-refractivity contribution is 7.16. The van der Waals surface area contributed by atoms with Gasteiger partial charge in [0.05, 0.1) is 17.3 Å². The van der Waals surface area contributed by atoms with Crippen LogP contribution in [0.4, 0.5) is 9.52 Å². The van der Waals surface area contributed by atoms with Gasteiger partial charge in [0, 0.05) is 10.4 Å². The zero-order valence-corrected chi connectivity index (χ0v) is 17.5. The van der Waals surface area contributed by atoms with Crippen molar-refractivity contribution in [2.24, 2.45) is 0 Å². The van der Waals surface area contributed by atoms with E-state index in [4.69, 9.17) is 0 Å². The molecule has 0 unspecified atom stereocenters. The van der Waals surface area contributed by atoms with Gasteiger partial charge in [0.25, 0.3) is 5.78 Å². The van der Waals surface area contributed by atoms with Crippen LogP contribution >= 0.6 is 11.3 Å². The molecule has 0 radical (unpaired) electrons. The fraction of sp³-hybridized carbons (Fsp3) is 0.174. The number of aliphatic hydroxyl groups is 1. The maximum absolute atomic E-state index is 13.5. The van der Waals surface area contributed by atoms with Crippen LogP contribution in [0, 0.1) is 26.6 Å². The van der Waals surface area contributed by atoms with E-state index < -0.39 is 23.5 Å². The molecule has 1 fully saturated rings. The van der Waals surface area contributed by atoms with Crippen molar-refractivity contribution in [2.45, 2.75) is 26.8 Å². The Balaban J connectivity index is 1.94. The molecular weight excluding hydrogens is 403 g/mol. The van der Waals surface area contributed by atoms with Gasteiger partial charge in [0.1, 0.15) is 11.6 Å². The normalized spacial score (nSPS) is 18.3. The third kappa shape index (κ3) is 3.31. The minimum atomic E-state index is -0.906. The molecule has 2 heterocycles. The second kappa shape index (κ2) is 7.50. The molecule has 5 nitrogen and oxygen atoms in total. The molecule has 7 heteroatoms. The second-order valence-corrected chi connectivity index (χ2v) is 8.41. The lowest BCUT2D eigenvalue weighted by Crippen LogP contribution is -2.29. The smallest absolute Gasteiger partial charge is 0.301 e. The van der Waals surface area contributed by atoms with Crippen molar-refractivity contribution in [3.8, 4) is 0 Å². The topological polar surface area (TPSA) is 70.5 Å². The summed E-state index contributed by atoms with van der Waals surface area (Å²) >= 11 is 1.29. The van der Waals surface area contributed by atoms with E-state index in [9.17, 15) is 19.1 Å². The van der Waals surface area contributed by atoms with Crippen LogP contribution < -0.4 is 4.90 Å². The Bertz CT molecular complexity index is 1160. The SMILES string of the molecule is Cc1ccc(/C(O)=C2\C(=O)C(=O)N(c3nc(C)c(C)s3)[C@@H]2c2ccc(F)cc2)cc1. The van der Waals surface area contributed by atoms with E-state index in [1.54, 1.807) is 12.1 Å². The van der Waals surface area contributed by atoms with Crippen LogP contribution in [-0.2, 0) is 9.59 Å². The fourth-order valence-electron chi connectivity index (χ4n) is 3.42. The van der Waals surface area contributed by atoms with Crippen LogP contribution in [0.3, 0.4) is 0 Å². The monoisotopic (exact) mass is 422 g/mol. The molecule has 1 saturated heterocycles. The number of aromatic nitrogens is 1. The average Bonchev–Trinajstić information content (AvgIpc) is 3.18. The Labute approximate surface area is 177 Å². The Morgan fingerprint density at radius 1 is 1.03 bits per heavy atom. The van der Waals surface area contributed by atoms with E-state index in [-0.39, 0.29) is 11.3 Å². The minimum Gasteiger partial charge on any atom is -0.507 e. The number of carbonyl (C=O) groups is 2. The van der Waals surface area contributed by atoms with Crippen molar-refractivity contribution in [2.75, 3.05) is 4.90 Å². The Morgan fingerprint density at radius 3 is 2.23 bits per heavy atom. The molecule has 1 aliphatic heterocycles. The first kappa shape index (κ1) is 20.0. The Kier molecular flexibility index (Phi) is 4.99. The number of carbonyl (C=O) groups excluding carboxylic acids is 2. The molecule has 0 bridgehead atoms. The molecule has 152 valence electrons. The average molecular weight is 422 g/mol. The molecule has 1 amide bonds. The van der Waals surface area contributed by atoms with Crippen LogP contribution in [0.1, 0.15) is 33.3 Å². The number of hydrogen-bond acceptors (Lipinski definition) is 5. The van der Waals surface area contributed by atoms with Gasteiger partial charge >= 0.3 is 5.91 Å². The summed E-state index contributed by atoms with van der Waals surface area (Å²) in [6, 6.07) is 11.6. The number of Topliss-reactive ketones (excluding diaryl/α,β-unsaturated/α-hetero) is 1. The van der Waals surface area contributed by atoms with Crippen molar-refractivity contribution in [1.82, 2.24) is 4.98 Å². The first-order valence-corrected chi connectivity index (χ1v) is 10.2. The van der Waals surface area contributed by atoms with E-state index in [0.29, 0.717) is 16.3 Å². The lowest BCUT2D eigenvalue weighted by atomic mass is 9.95. The number of aryl methyl sites for hydroxylation is 3. The molecule has 1 aliphatic rings. The lowest BCUT2D eigenvalue weighted by molar-refractivity contribution is -0.132. The molecule has 0 saturated carbocycles. The predicted molar refractivity (Wildman–Crippen MR) is 114 cm³/mol. The lowest BCUT2D eigenvalue weighted by Gasteiger charge is -2.23. The quantitative estimate of drug-likeness (QED) is 0.373. The molecule has 30 heavy (non-hydrogen) atoms. The number of halogens is 1. The van der Waals surface area contributed by atoms with E-state index in [0.717, 1.165) is 16.1 Å². The summed E-state index contributed by atoms with van der Waals surface area (Å²) in [5, 5.41) is 11.4. The standard InChI is InChI=1S/C23H19FN2O3S/c1-12-4-6-16(7-5-12)20(27)18-19(15-8-10-17(24)11-9-15)26(22(29)21(18)28)23-25-13(2)14(3)30-23/h4-11,19,27H,1-3H3/b20-18+/t19-/m1/s1. The van der Waals surface area contributed by atoms with Gasteiger partial charge in [-0.2, -0.15) is 0 Å². The maximum Gasteiger partial charge on any atom is 0.301 e. The molecule has 0 spiro atoms. The van der Waals surface area contributed by atoms with Crippen molar-refractivity contribution < 1.29 is 19.1 Å². The number of ketones is 1. The van der Waals surface area contributed by atoms with Gasteiger partial charge in [-0.05, 0) is 38.5 Å². The van der Waals surface area contributed by atoms with Crippen LogP contribution in [0.5, 0.6) is 0 Å². The summed E-state index contributed by atoms with van der Waals surface area (Å²) < 4.78 is 13.5. The van der Waals surface area contributed by atoms with Crippen LogP contribution in [0.15, 0.2) is 54.1 Å². The molecule has 3 aromatic rings. The molecule has 0 aliphatic carbocycles. The third-order valence-corrected chi connectivity index (χ3v) is 6.25. The number of hydrogen-bond donors (Lipinski definition) is 1. The highest BCUT2D eigenvalue weighted by Gasteiger charge is 2.48. The van der Waals surface area contributed by atoms with Gasteiger partial charge in [-0.25, -0.2) is 9.37 Å². The molecule has 1 aromatic heterocycles. The molecule has 2 aromatic carbocycles. The summed E-state index contributed by atoms with van der Waals surface area (Å²) in [7, 11) is 0. The number of benzene rings is 2. The largest absolute Gasteiger partial charge is 0.507 e. The zero-order valence-electron chi connectivity index (χ0n) is 16.6.